The zero-order valence-corrected chi connectivity index (χ0v) is 13.9. The first-order valence-corrected chi connectivity index (χ1v) is 7.91. The predicted octanol–water partition coefficient (Wildman–Crippen LogP) is 3.14. The number of ether oxygens (including phenoxy) is 1. The molecule has 2 aromatic heterocycles. The molecule has 0 bridgehead atoms. The molecule has 0 aliphatic carbocycles. The SMILES string of the molecule is CNc1nc(Nc2cn(C3CCCOC3)nc2C)ncc1C(F)(F)F. The Morgan fingerprint density at radius 1 is 1.36 bits per heavy atom. The summed E-state index contributed by atoms with van der Waals surface area (Å²) in [4.78, 5) is 7.67. The molecular weight excluding hydrogens is 337 g/mol. The average molecular weight is 356 g/mol. The van der Waals surface area contributed by atoms with Gasteiger partial charge in [-0.15, -0.1) is 0 Å². The maximum atomic E-state index is 12.9. The fourth-order valence-corrected chi connectivity index (χ4v) is 2.68. The second-order valence-corrected chi connectivity index (χ2v) is 5.81. The summed E-state index contributed by atoms with van der Waals surface area (Å²) in [7, 11) is 1.38. The minimum absolute atomic E-state index is 0.0693. The zero-order chi connectivity index (χ0) is 18.0. The monoisotopic (exact) mass is 356 g/mol. The Hall–Kier alpha value is -2.36. The van der Waals surface area contributed by atoms with Gasteiger partial charge in [-0.25, -0.2) is 4.98 Å². The van der Waals surface area contributed by atoms with Crippen LogP contribution in [-0.2, 0) is 10.9 Å². The van der Waals surface area contributed by atoms with Gasteiger partial charge in [0.05, 0.1) is 24.0 Å². The van der Waals surface area contributed by atoms with Crippen molar-refractivity contribution in [2.24, 2.45) is 0 Å². The molecule has 0 spiro atoms. The van der Waals surface area contributed by atoms with Gasteiger partial charge in [-0.05, 0) is 19.8 Å². The fraction of sp³-hybridized carbons (Fsp3) is 0.533. The Labute approximate surface area is 142 Å². The molecule has 2 aromatic rings. The van der Waals surface area contributed by atoms with E-state index in [0.29, 0.717) is 18.0 Å². The van der Waals surface area contributed by atoms with Crippen LogP contribution in [-0.4, -0.2) is 40.0 Å². The van der Waals surface area contributed by atoms with E-state index in [4.69, 9.17) is 4.74 Å². The highest BCUT2D eigenvalue weighted by molar-refractivity contribution is 5.57. The topological polar surface area (TPSA) is 76.9 Å². The van der Waals surface area contributed by atoms with Gasteiger partial charge in [-0.3, -0.25) is 4.68 Å². The third-order valence-corrected chi connectivity index (χ3v) is 4.00. The number of nitrogens with zero attached hydrogens (tertiary/aromatic N) is 4. The molecule has 0 saturated carbocycles. The third-order valence-electron chi connectivity index (χ3n) is 4.00. The summed E-state index contributed by atoms with van der Waals surface area (Å²) in [6.45, 7) is 3.17. The number of rotatable bonds is 4. The molecule has 1 aliphatic heterocycles. The molecule has 3 heterocycles. The van der Waals surface area contributed by atoms with Crippen molar-refractivity contribution in [2.75, 3.05) is 30.9 Å². The lowest BCUT2D eigenvalue weighted by molar-refractivity contribution is -0.137. The first-order chi connectivity index (χ1) is 11.9. The first kappa shape index (κ1) is 17.5. The lowest BCUT2D eigenvalue weighted by Gasteiger charge is -2.22. The number of nitrogens with one attached hydrogen (secondary N) is 2. The van der Waals surface area contributed by atoms with Gasteiger partial charge < -0.3 is 15.4 Å². The molecule has 25 heavy (non-hydrogen) atoms. The van der Waals surface area contributed by atoms with E-state index >= 15 is 0 Å². The maximum Gasteiger partial charge on any atom is 0.421 e. The normalized spacial score (nSPS) is 18.2. The molecular formula is C15H19F3N6O. The zero-order valence-electron chi connectivity index (χ0n) is 13.9. The molecule has 136 valence electrons. The molecule has 1 aliphatic rings. The van der Waals surface area contributed by atoms with Crippen LogP contribution in [0.1, 0.15) is 30.1 Å². The van der Waals surface area contributed by atoms with E-state index in [1.807, 2.05) is 11.6 Å². The van der Waals surface area contributed by atoms with Crippen molar-refractivity contribution >= 4 is 17.5 Å². The van der Waals surface area contributed by atoms with Gasteiger partial charge in [-0.2, -0.15) is 23.3 Å². The van der Waals surface area contributed by atoms with E-state index in [9.17, 15) is 13.2 Å². The van der Waals surface area contributed by atoms with Crippen LogP contribution in [0.5, 0.6) is 0 Å². The van der Waals surface area contributed by atoms with E-state index in [-0.39, 0.29) is 17.8 Å². The molecule has 10 heteroatoms. The van der Waals surface area contributed by atoms with Gasteiger partial charge in [0, 0.05) is 26.0 Å². The van der Waals surface area contributed by atoms with Crippen molar-refractivity contribution in [3.05, 3.63) is 23.7 Å². The van der Waals surface area contributed by atoms with Crippen molar-refractivity contribution < 1.29 is 17.9 Å². The number of hydrogen-bond donors (Lipinski definition) is 2. The van der Waals surface area contributed by atoms with Crippen molar-refractivity contribution in [1.82, 2.24) is 19.7 Å². The second kappa shape index (κ2) is 6.87. The van der Waals surface area contributed by atoms with Crippen LogP contribution in [0.3, 0.4) is 0 Å². The highest BCUT2D eigenvalue weighted by atomic mass is 19.4. The summed E-state index contributed by atoms with van der Waals surface area (Å²) in [5, 5.41) is 9.84. The lowest BCUT2D eigenvalue weighted by atomic mass is 10.1. The van der Waals surface area contributed by atoms with Crippen LogP contribution in [0.4, 0.5) is 30.6 Å². The van der Waals surface area contributed by atoms with Crippen LogP contribution < -0.4 is 10.6 Å². The molecule has 1 atom stereocenters. The molecule has 1 saturated heterocycles. The van der Waals surface area contributed by atoms with E-state index in [1.165, 1.54) is 7.05 Å². The van der Waals surface area contributed by atoms with Crippen molar-refractivity contribution in [3.8, 4) is 0 Å². The smallest absolute Gasteiger partial charge is 0.379 e. The van der Waals surface area contributed by atoms with Crippen LogP contribution in [0.25, 0.3) is 0 Å². The van der Waals surface area contributed by atoms with Crippen molar-refractivity contribution in [1.29, 1.82) is 0 Å². The summed E-state index contributed by atoms with van der Waals surface area (Å²) in [5.74, 6) is -0.212. The average Bonchev–Trinajstić information content (AvgIpc) is 2.95. The van der Waals surface area contributed by atoms with Crippen molar-refractivity contribution in [2.45, 2.75) is 32.0 Å². The Morgan fingerprint density at radius 3 is 2.80 bits per heavy atom. The third kappa shape index (κ3) is 3.84. The summed E-state index contributed by atoms with van der Waals surface area (Å²) in [6.07, 6.45) is -0.00949. The summed E-state index contributed by atoms with van der Waals surface area (Å²) < 4.78 is 46.0. The highest BCUT2D eigenvalue weighted by Gasteiger charge is 2.35. The van der Waals surface area contributed by atoms with Crippen molar-refractivity contribution in [3.63, 3.8) is 0 Å². The second-order valence-electron chi connectivity index (χ2n) is 5.81. The van der Waals surface area contributed by atoms with Crippen LogP contribution in [0.15, 0.2) is 12.4 Å². The molecule has 1 fully saturated rings. The Kier molecular flexibility index (Phi) is 4.80. The summed E-state index contributed by atoms with van der Waals surface area (Å²) in [5.41, 5.74) is 0.444. The molecule has 3 rings (SSSR count). The van der Waals surface area contributed by atoms with Crippen LogP contribution in [0.2, 0.25) is 0 Å². The van der Waals surface area contributed by atoms with E-state index < -0.39 is 11.7 Å². The minimum atomic E-state index is -4.52. The molecule has 0 radical (unpaired) electrons. The number of hydrogen-bond acceptors (Lipinski definition) is 6. The molecule has 7 nitrogen and oxygen atoms in total. The minimum Gasteiger partial charge on any atom is -0.379 e. The highest BCUT2D eigenvalue weighted by Crippen LogP contribution is 2.34. The van der Waals surface area contributed by atoms with Gasteiger partial charge in [0.1, 0.15) is 11.4 Å². The Balaban J connectivity index is 1.81. The van der Waals surface area contributed by atoms with E-state index in [1.54, 1.807) is 6.20 Å². The van der Waals surface area contributed by atoms with Gasteiger partial charge >= 0.3 is 6.18 Å². The quantitative estimate of drug-likeness (QED) is 0.876. The molecule has 0 amide bonds. The molecule has 1 unspecified atom stereocenters. The number of halogens is 3. The Bertz CT molecular complexity index is 739. The lowest BCUT2D eigenvalue weighted by Crippen LogP contribution is -2.21. The molecule has 0 aromatic carbocycles. The number of aromatic nitrogens is 4. The van der Waals surface area contributed by atoms with Gasteiger partial charge in [0.2, 0.25) is 5.95 Å². The van der Waals surface area contributed by atoms with E-state index in [0.717, 1.165) is 25.6 Å². The molecule has 2 N–H and O–H groups in total. The standard InChI is InChI=1S/C15H19F3N6O/c1-9-12(7-24(23-9)10-4-3-5-25-8-10)21-14-20-6-11(15(16,17)18)13(19-2)22-14/h6-7,10H,3-5,8H2,1-2H3,(H2,19,20,21,22). The predicted molar refractivity (Wildman–Crippen MR) is 85.9 cm³/mol. The van der Waals surface area contributed by atoms with Crippen LogP contribution in [0, 0.1) is 6.92 Å². The number of alkyl halides is 3. The van der Waals surface area contributed by atoms with Gasteiger partial charge in [0.25, 0.3) is 0 Å². The largest absolute Gasteiger partial charge is 0.421 e. The Morgan fingerprint density at radius 2 is 2.16 bits per heavy atom. The summed E-state index contributed by atoms with van der Waals surface area (Å²) >= 11 is 0. The number of aryl methyl sites for hydroxylation is 1. The fourth-order valence-electron chi connectivity index (χ4n) is 2.68. The van der Waals surface area contributed by atoms with Crippen LogP contribution >= 0.6 is 0 Å². The van der Waals surface area contributed by atoms with Gasteiger partial charge in [-0.1, -0.05) is 0 Å². The van der Waals surface area contributed by atoms with E-state index in [2.05, 4.69) is 25.7 Å². The van der Waals surface area contributed by atoms with Gasteiger partial charge in [0.15, 0.2) is 0 Å². The summed E-state index contributed by atoms with van der Waals surface area (Å²) in [6, 6.07) is 0.157. The number of anilines is 3. The maximum absolute atomic E-state index is 12.9. The first-order valence-electron chi connectivity index (χ1n) is 7.91.